The summed E-state index contributed by atoms with van der Waals surface area (Å²) in [5, 5.41) is 0. The van der Waals surface area contributed by atoms with Gasteiger partial charge in [-0.05, 0) is 47.8 Å². The number of hydrogen-bond donors (Lipinski definition) is 1. The van der Waals surface area contributed by atoms with Gasteiger partial charge in [-0.15, -0.1) is 11.8 Å². The first kappa shape index (κ1) is 18.5. The van der Waals surface area contributed by atoms with E-state index in [9.17, 15) is 13.2 Å². The second-order valence-electron chi connectivity index (χ2n) is 4.56. The molecule has 1 heterocycles. The number of alkyl halides is 3. The second kappa shape index (κ2) is 7.85. The number of rotatable bonds is 6. The molecule has 1 aromatic carbocycles. The van der Waals surface area contributed by atoms with Gasteiger partial charge in [0, 0.05) is 16.0 Å². The largest absolute Gasteiger partial charge is 0.454 e. The van der Waals surface area contributed by atoms with E-state index in [0.717, 1.165) is 10.6 Å². The third-order valence-corrected chi connectivity index (χ3v) is 4.43. The topological polar surface area (TPSA) is 48.1 Å². The summed E-state index contributed by atoms with van der Waals surface area (Å²) >= 11 is 1.37. The van der Waals surface area contributed by atoms with Crippen molar-refractivity contribution in [2.75, 3.05) is 11.5 Å². The van der Waals surface area contributed by atoms with Crippen LogP contribution in [-0.2, 0) is 0 Å². The number of anilines is 1. The van der Waals surface area contributed by atoms with E-state index in [1.807, 2.05) is 19.1 Å². The number of benzene rings is 1. The molecule has 24 heavy (non-hydrogen) atoms. The molecule has 0 unspecified atom stereocenters. The molecule has 0 amide bonds. The fourth-order valence-corrected chi connectivity index (χ4v) is 3.25. The average molecular weight is 372 g/mol. The van der Waals surface area contributed by atoms with Crippen LogP contribution in [0.4, 0.5) is 18.9 Å². The fraction of sp³-hybridized carbons (Fsp3) is 0.188. The molecule has 0 saturated heterocycles. The lowest BCUT2D eigenvalue weighted by Crippen LogP contribution is -2.02. The Morgan fingerprint density at radius 2 is 2.08 bits per heavy atom. The van der Waals surface area contributed by atoms with E-state index in [1.54, 1.807) is 18.0 Å². The quantitative estimate of drug-likeness (QED) is 0.416. The molecule has 2 aromatic rings. The Labute approximate surface area is 146 Å². The number of halogens is 3. The van der Waals surface area contributed by atoms with E-state index < -0.39 is 5.51 Å². The molecule has 2 N–H and O–H groups in total. The standard InChI is InChI=1S/C16H15F3N2OS2/c1-3-23-14-5-4-8-21-15(14)10(2)22-13-7-6-11(9-12(13)20)24-16(17,18)19/h4-9H,2-3,20H2,1H3. The van der Waals surface area contributed by atoms with Crippen LogP contribution in [0.25, 0.3) is 5.76 Å². The van der Waals surface area contributed by atoms with Crippen molar-refractivity contribution in [2.45, 2.75) is 22.2 Å². The van der Waals surface area contributed by atoms with E-state index in [1.165, 1.54) is 18.2 Å². The number of pyridine rings is 1. The summed E-state index contributed by atoms with van der Waals surface area (Å²) in [5.74, 6) is 1.39. The number of ether oxygens (including phenoxy) is 1. The van der Waals surface area contributed by atoms with Crippen LogP contribution in [0.3, 0.4) is 0 Å². The normalized spacial score (nSPS) is 11.3. The van der Waals surface area contributed by atoms with Crippen LogP contribution in [0.1, 0.15) is 12.6 Å². The first-order valence-corrected chi connectivity index (χ1v) is 8.70. The van der Waals surface area contributed by atoms with Crippen LogP contribution in [0.2, 0.25) is 0 Å². The fourth-order valence-electron chi connectivity index (χ4n) is 1.87. The van der Waals surface area contributed by atoms with E-state index in [4.69, 9.17) is 10.5 Å². The van der Waals surface area contributed by atoms with Crippen LogP contribution < -0.4 is 10.5 Å². The summed E-state index contributed by atoms with van der Waals surface area (Å²) in [6.07, 6.45) is 1.62. The van der Waals surface area contributed by atoms with Crippen molar-refractivity contribution in [3.63, 3.8) is 0 Å². The zero-order valence-corrected chi connectivity index (χ0v) is 14.4. The van der Waals surface area contributed by atoms with Gasteiger partial charge in [0.05, 0.1) is 5.69 Å². The molecule has 8 heteroatoms. The van der Waals surface area contributed by atoms with Crippen LogP contribution in [0.15, 0.2) is 52.9 Å². The van der Waals surface area contributed by atoms with Gasteiger partial charge in [0.2, 0.25) is 0 Å². The van der Waals surface area contributed by atoms with Crippen LogP contribution in [0, 0.1) is 0 Å². The maximum absolute atomic E-state index is 12.4. The maximum atomic E-state index is 12.4. The lowest BCUT2D eigenvalue weighted by Gasteiger charge is -2.14. The summed E-state index contributed by atoms with van der Waals surface area (Å²) < 4.78 is 42.8. The molecule has 0 aliphatic carbocycles. The molecular formula is C16H15F3N2OS2. The van der Waals surface area contributed by atoms with Gasteiger partial charge < -0.3 is 10.5 Å². The highest BCUT2D eigenvalue weighted by Gasteiger charge is 2.29. The number of nitrogens with zero attached hydrogens (tertiary/aromatic N) is 1. The van der Waals surface area contributed by atoms with Crippen molar-refractivity contribution >= 4 is 35.0 Å². The van der Waals surface area contributed by atoms with Crippen LogP contribution in [-0.4, -0.2) is 16.2 Å². The van der Waals surface area contributed by atoms with Crippen LogP contribution in [0.5, 0.6) is 5.75 Å². The highest BCUT2D eigenvalue weighted by molar-refractivity contribution is 8.00. The Morgan fingerprint density at radius 3 is 2.71 bits per heavy atom. The second-order valence-corrected chi connectivity index (χ2v) is 7.00. The maximum Gasteiger partial charge on any atom is 0.446 e. The summed E-state index contributed by atoms with van der Waals surface area (Å²) in [6.45, 7) is 5.86. The predicted molar refractivity (Wildman–Crippen MR) is 93.1 cm³/mol. The minimum absolute atomic E-state index is 0.00183. The third-order valence-electron chi connectivity index (χ3n) is 2.78. The highest BCUT2D eigenvalue weighted by atomic mass is 32.2. The van der Waals surface area contributed by atoms with E-state index in [0.29, 0.717) is 5.69 Å². The third kappa shape index (κ3) is 5.10. The van der Waals surface area contributed by atoms with Gasteiger partial charge in [-0.25, -0.2) is 0 Å². The molecule has 1 aromatic heterocycles. The zero-order chi connectivity index (χ0) is 17.7. The lowest BCUT2D eigenvalue weighted by molar-refractivity contribution is -0.0328. The molecule has 0 fully saturated rings. The van der Waals surface area contributed by atoms with Gasteiger partial charge in [-0.3, -0.25) is 4.98 Å². The molecule has 0 aliphatic rings. The number of thioether (sulfide) groups is 2. The summed E-state index contributed by atoms with van der Waals surface area (Å²) in [7, 11) is 0. The molecule has 3 nitrogen and oxygen atoms in total. The number of hydrogen-bond acceptors (Lipinski definition) is 5. The van der Waals surface area contributed by atoms with Gasteiger partial charge in [-0.1, -0.05) is 13.5 Å². The van der Waals surface area contributed by atoms with E-state index >= 15 is 0 Å². The Morgan fingerprint density at radius 1 is 1.33 bits per heavy atom. The Balaban J connectivity index is 2.18. The summed E-state index contributed by atoms with van der Waals surface area (Å²) in [6, 6.07) is 7.63. The van der Waals surface area contributed by atoms with E-state index in [2.05, 4.69) is 11.6 Å². The van der Waals surface area contributed by atoms with Gasteiger partial charge in [-0.2, -0.15) is 13.2 Å². The van der Waals surface area contributed by atoms with Crippen molar-refractivity contribution in [3.8, 4) is 5.75 Å². The monoisotopic (exact) mass is 372 g/mol. The molecule has 0 spiro atoms. The Bertz CT molecular complexity index is 736. The van der Waals surface area contributed by atoms with Crippen molar-refractivity contribution < 1.29 is 17.9 Å². The first-order valence-electron chi connectivity index (χ1n) is 6.90. The summed E-state index contributed by atoms with van der Waals surface area (Å²) in [4.78, 5) is 5.16. The van der Waals surface area contributed by atoms with Gasteiger partial charge in [0.15, 0.2) is 0 Å². The molecule has 2 rings (SSSR count). The predicted octanol–water partition coefficient (Wildman–Crippen LogP) is 5.44. The van der Waals surface area contributed by atoms with Crippen molar-refractivity contribution in [1.29, 1.82) is 0 Å². The van der Waals surface area contributed by atoms with E-state index in [-0.39, 0.29) is 33.9 Å². The van der Waals surface area contributed by atoms with Gasteiger partial charge in [0.1, 0.15) is 17.2 Å². The minimum atomic E-state index is -4.36. The van der Waals surface area contributed by atoms with Gasteiger partial charge in [0.25, 0.3) is 0 Å². The molecule has 0 aliphatic heterocycles. The van der Waals surface area contributed by atoms with Crippen molar-refractivity contribution in [2.24, 2.45) is 0 Å². The van der Waals surface area contributed by atoms with Crippen LogP contribution >= 0.6 is 23.5 Å². The molecule has 0 bridgehead atoms. The molecule has 0 saturated carbocycles. The minimum Gasteiger partial charge on any atom is -0.454 e. The Hall–Kier alpha value is -1.80. The van der Waals surface area contributed by atoms with Crippen molar-refractivity contribution in [1.82, 2.24) is 4.98 Å². The average Bonchev–Trinajstić information content (AvgIpc) is 2.49. The molecule has 128 valence electrons. The summed E-state index contributed by atoms with van der Waals surface area (Å²) in [5.41, 5.74) is 2.11. The molecular weight excluding hydrogens is 357 g/mol. The van der Waals surface area contributed by atoms with Gasteiger partial charge >= 0.3 is 5.51 Å². The lowest BCUT2D eigenvalue weighted by atomic mass is 10.3. The zero-order valence-electron chi connectivity index (χ0n) is 12.8. The van der Waals surface area contributed by atoms with Crippen molar-refractivity contribution in [3.05, 3.63) is 48.8 Å². The number of aromatic nitrogens is 1. The molecule has 0 radical (unpaired) electrons. The highest BCUT2D eigenvalue weighted by Crippen LogP contribution is 2.39. The first-order chi connectivity index (χ1) is 11.3. The number of nitrogen functional groups attached to an aromatic ring is 1. The Kier molecular flexibility index (Phi) is 6.06. The smallest absolute Gasteiger partial charge is 0.446 e. The SMILES string of the molecule is C=C(Oc1ccc(SC(F)(F)F)cc1N)c1ncccc1SCC. The number of nitrogens with two attached hydrogens (primary N) is 1. The molecule has 0 atom stereocenters.